The molecule has 0 aliphatic carbocycles. The number of hydrogen-bond donors (Lipinski definition) is 0. The molecule has 358 valence electrons. The molecule has 0 saturated carbocycles. The summed E-state index contributed by atoms with van der Waals surface area (Å²) in [6.45, 7) is 6.62. The summed E-state index contributed by atoms with van der Waals surface area (Å²) in [5.74, 6) is -0.937. The van der Waals surface area contributed by atoms with Crippen molar-refractivity contribution in [1.82, 2.24) is 0 Å². The fourth-order valence-corrected chi connectivity index (χ4v) is 7.91. The minimum atomic E-state index is -0.787. The average molecular weight is 859 g/mol. The second kappa shape index (κ2) is 50.5. The molecular formula is C55H102O6. The van der Waals surface area contributed by atoms with Crippen molar-refractivity contribution in [2.45, 2.75) is 297 Å². The molecule has 6 heteroatoms. The fourth-order valence-electron chi connectivity index (χ4n) is 7.91. The van der Waals surface area contributed by atoms with Crippen molar-refractivity contribution < 1.29 is 28.6 Å². The van der Waals surface area contributed by atoms with Crippen LogP contribution in [-0.2, 0) is 28.6 Å². The minimum Gasteiger partial charge on any atom is -0.462 e. The second-order valence-corrected chi connectivity index (χ2v) is 18.2. The third kappa shape index (κ3) is 48.8. The summed E-state index contributed by atoms with van der Waals surface area (Å²) in [5.41, 5.74) is 0. The van der Waals surface area contributed by atoms with Crippen molar-refractivity contribution in [1.29, 1.82) is 0 Å². The van der Waals surface area contributed by atoms with Crippen LogP contribution in [0.1, 0.15) is 290 Å². The minimum absolute atomic E-state index is 0.0829. The first kappa shape index (κ1) is 58.9. The summed E-state index contributed by atoms with van der Waals surface area (Å²) < 4.78 is 16.8. The number of carbonyl (C=O) groups excluding carboxylic acids is 3. The first-order valence-corrected chi connectivity index (χ1v) is 26.8. The molecule has 0 radical (unpaired) electrons. The highest BCUT2D eigenvalue weighted by Crippen LogP contribution is 2.16. The van der Waals surface area contributed by atoms with Gasteiger partial charge >= 0.3 is 17.9 Å². The van der Waals surface area contributed by atoms with Gasteiger partial charge in [-0.05, 0) is 38.5 Å². The van der Waals surface area contributed by atoms with Crippen LogP contribution in [0, 0.1) is 0 Å². The molecule has 0 saturated heterocycles. The molecular weight excluding hydrogens is 757 g/mol. The highest BCUT2D eigenvalue weighted by atomic mass is 16.6. The molecule has 0 aliphatic heterocycles. The van der Waals surface area contributed by atoms with Gasteiger partial charge in [-0.25, -0.2) is 0 Å². The number of allylic oxidation sites excluding steroid dienone is 4. The lowest BCUT2D eigenvalue weighted by Crippen LogP contribution is -2.30. The molecule has 0 aromatic heterocycles. The fraction of sp³-hybridized carbons (Fsp3) is 0.873. The summed E-state index contributed by atoms with van der Waals surface area (Å²) in [6, 6.07) is 0. The Balaban J connectivity index is 4.38. The largest absolute Gasteiger partial charge is 0.462 e. The van der Waals surface area contributed by atoms with Crippen LogP contribution in [0.25, 0.3) is 0 Å². The van der Waals surface area contributed by atoms with E-state index >= 15 is 0 Å². The molecule has 0 N–H and O–H groups in total. The maximum absolute atomic E-state index is 12.8. The molecule has 0 bridgehead atoms. The van der Waals surface area contributed by atoms with E-state index in [4.69, 9.17) is 14.2 Å². The van der Waals surface area contributed by atoms with Crippen LogP contribution in [0.2, 0.25) is 0 Å². The van der Waals surface area contributed by atoms with Crippen molar-refractivity contribution in [3.63, 3.8) is 0 Å². The van der Waals surface area contributed by atoms with Gasteiger partial charge in [-0.15, -0.1) is 0 Å². The number of esters is 3. The lowest BCUT2D eigenvalue weighted by molar-refractivity contribution is -0.166. The third-order valence-electron chi connectivity index (χ3n) is 12.0. The standard InChI is InChI=1S/C55H102O6/c1-4-7-10-13-16-19-22-25-27-30-33-36-39-42-45-48-54(57)60-51-52(50-59-53(56)47-44-41-38-35-32-29-24-21-18-15-12-9-6-3)61-55(58)49-46-43-40-37-34-31-28-26-23-20-17-14-11-8-5-2/h29,32,38,41,52H,4-28,30-31,33-37,39-40,42-51H2,1-3H3/b32-29+,41-38+. The maximum atomic E-state index is 12.8. The van der Waals surface area contributed by atoms with Gasteiger partial charge < -0.3 is 14.2 Å². The van der Waals surface area contributed by atoms with Crippen LogP contribution in [-0.4, -0.2) is 37.2 Å². The number of ether oxygens (including phenoxy) is 3. The van der Waals surface area contributed by atoms with Gasteiger partial charge in [0.05, 0.1) is 0 Å². The average Bonchev–Trinajstić information content (AvgIpc) is 3.26. The molecule has 0 aliphatic rings. The summed E-state index contributed by atoms with van der Waals surface area (Å²) in [7, 11) is 0. The van der Waals surface area contributed by atoms with E-state index in [-0.39, 0.29) is 37.5 Å². The molecule has 0 spiro atoms. The SMILES string of the molecule is CCCCCCCC/C=C/C/C=C/CCC(=O)OCC(COC(=O)CCCCCCCCCCCCCCCCC)OC(=O)CCCCCCCCCCCCCCCCC. The lowest BCUT2D eigenvalue weighted by Gasteiger charge is -2.18. The van der Waals surface area contributed by atoms with Crippen molar-refractivity contribution in [3.8, 4) is 0 Å². The zero-order valence-electron chi connectivity index (χ0n) is 40.9. The zero-order valence-corrected chi connectivity index (χ0v) is 40.9. The Bertz CT molecular complexity index is 989. The molecule has 0 heterocycles. The first-order valence-electron chi connectivity index (χ1n) is 26.8. The van der Waals surface area contributed by atoms with Gasteiger partial charge in [0.25, 0.3) is 0 Å². The van der Waals surface area contributed by atoms with Gasteiger partial charge in [0.1, 0.15) is 13.2 Å². The van der Waals surface area contributed by atoms with Crippen LogP contribution in [0.5, 0.6) is 0 Å². The van der Waals surface area contributed by atoms with Gasteiger partial charge in [-0.1, -0.05) is 257 Å². The van der Waals surface area contributed by atoms with Crippen molar-refractivity contribution in [3.05, 3.63) is 24.3 Å². The van der Waals surface area contributed by atoms with E-state index in [2.05, 4.69) is 39.0 Å². The van der Waals surface area contributed by atoms with Gasteiger partial charge in [-0.3, -0.25) is 14.4 Å². The predicted molar refractivity (Wildman–Crippen MR) is 261 cm³/mol. The zero-order chi connectivity index (χ0) is 44.4. The van der Waals surface area contributed by atoms with E-state index < -0.39 is 6.10 Å². The summed E-state index contributed by atoms with van der Waals surface area (Å²) in [5, 5.41) is 0. The summed E-state index contributed by atoms with van der Waals surface area (Å²) in [4.78, 5) is 37.9. The van der Waals surface area contributed by atoms with Crippen LogP contribution < -0.4 is 0 Å². The number of unbranched alkanes of at least 4 members (excludes halogenated alkanes) is 34. The van der Waals surface area contributed by atoms with E-state index in [9.17, 15) is 14.4 Å². The summed E-state index contributed by atoms with van der Waals surface area (Å²) in [6.07, 6.45) is 57.4. The normalized spacial score (nSPS) is 12.1. The molecule has 1 atom stereocenters. The monoisotopic (exact) mass is 859 g/mol. The van der Waals surface area contributed by atoms with E-state index in [1.807, 2.05) is 6.08 Å². The summed E-state index contributed by atoms with van der Waals surface area (Å²) >= 11 is 0. The molecule has 0 aromatic carbocycles. The van der Waals surface area contributed by atoms with Crippen LogP contribution >= 0.6 is 0 Å². The molecule has 0 aromatic rings. The van der Waals surface area contributed by atoms with Crippen LogP contribution in [0.4, 0.5) is 0 Å². The highest BCUT2D eigenvalue weighted by Gasteiger charge is 2.19. The number of hydrogen-bond acceptors (Lipinski definition) is 6. The van der Waals surface area contributed by atoms with Gasteiger partial charge in [0.2, 0.25) is 0 Å². The van der Waals surface area contributed by atoms with Crippen LogP contribution in [0.3, 0.4) is 0 Å². The maximum Gasteiger partial charge on any atom is 0.306 e. The Morgan fingerprint density at radius 1 is 0.328 bits per heavy atom. The molecule has 6 nitrogen and oxygen atoms in total. The van der Waals surface area contributed by atoms with E-state index in [1.54, 1.807) is 0 Å². The first-order chi connectivity index (χ1) is 30.0. The Morgan fingerprint density at radius 3 is 1.00 bits per heavy atom. The molecule has 1 unspecified atom stereocenters. The second-order valence-electron chi connectivity index (χ2n) is 18.2. The quantitative estimate of drug-likeness (QED) is 0.0262. The highest BCUT2D eigenvalue weighted by molar-refractivity contribution is 5.71. The van der Waals surface area contributed by atoms with E-state index in [1.165, 1.54) is 193 Å². The Morgan fingerprint density at radius 2 is 0.623 bits per heavy atom. The molecule has 61 heavy (non-hydrogen) atoms. The van der Waals surface area contributed by atoms with Gasteiger partial charge in [-0.2, -0.15) is 0 Å². The van der Waals surface area contributed by atoms with E-state index in [0.29, 0.717) is 19.3 Å². The Kier molecular flexibility index (Phi) is 48.8. The van der Waals surface area contributed by atoms with Gasteiger partial charge in [0.15, 0.2) is 6.10 Å². The number of carbonyl (C=O) groups is 3. The predicted octanol–water partition coefficient (Wildman–Crippen LogP) is 17.5. The smallest absolute Gasteiger partial charge is 0.306 e. The molecule has 0 amide bonds. The molecule has 0 fully saturated rings. The molecule has 0 rings (SSSR count). The van der Waals surface area contributed by atoms with Crippen LogP contribution in [0.15, 0.2) is 24.3 Å². The third-order valence-corrected chi connectivity index (χ3v) is 12.0. The van der Waals surface area contributed by atoms with Gasteiger partial charge in [0, 0.05) is 19.3 Å². The topological polar surface area (TPSA) is 78.9 Å². The van der Waals surface area contributed by atoms with Crippen molar-refractivity contribution in [2.75, 3.05) is 13.2 Å². The Hall–Kier alpha value is -2.11. The van der Waals surface area contributed by atoms with Crippen molar-refractivity contribution >= 4 is 17.9 Å². The Labute approximate surface area is 379 Å². The lowest BCUT2D eigenvalue weighted by atomic mass is 10.0. The van der Waals surface area contributed by atoms with Crippen molar-refractivity contribution in [2.24, 2.45) is 0 Å². The van der Waals surface area contributed by atoms with E-state index in [0.717, 1.165) is 51.4 Å². The number of rotatable bonds is 49.